The number of carbonyl (C=O) groups is 1. The maximum Gasteiger partial charge on any atom is 0.534 e. The molecule has 0 spiro atoms. The van der Waals surface area contributed by atoms with E-state index in [1.165, 1.54) is 18.0 Å². The number of rotatable bonds is 8. The van der Waals surface area contributed by atoms with Crippen molar-refractivity contribution in [3.63, 3.8) is 0 Å². The van der Waals surface area contributed by atoms with Gasteiger partial charge >= 0.3 is 15.6 Å². The number of hydrogen-bond donors (Lipinski definition) is 0. The summed E-state index contributed by atoms with van der Waals surface area (Å²) in [6, 6.07) is 5.31. The topological polar surface area (TPSA) is 104 Å². The molecule has 0 saturated carbocycles. The number of anilines is 1. The average molecular weight is 628 g/mol. The third-order valence-electron chi connectivity index (χ3n) is 6.87. The van der Waals surface area contributed by atoms with Crippen LogP contribution in [0.3, 0.4) is 0 Å². The van der Waals surface area contributed by atoms with Gasteiger partial charge in [-0.25, -0.2) is 17.1 Å². The Balaban J connectivity index is 1.73. The molecule has 2 atom stereocenters. The number of benzene rings is 2. The summed E-state index contributed by atoms with van der Waals surface area (Å²) in [4.78, 5) is 16.0. The average Bonchev–Trinajstić information content (AvgIpc) is 3.11. The third-order valence-corrected chi connectivity index (χ3v) is 10.0. The Morgan fingerprint density at radius 3 is 2.25 bits per heavy atom. The quantitative estimate of drug-likeness (QED) is 0.245. The Morgan fingerprint density at radius 1 is 1.07 bits per heavy atom. The van der Waals surface area contributed by atoms with Gasteiger partial charge in [0, 0.05) is 38.8 Å². The van der Waals surface area contributed by atoms with E-state index < -0.39 is 55.2 Å². The first-order valence-corrected chi connectivity index (χ1v) is 15.4. The number of piperazine rings is 1. The van der Waals surface area contributed by atoms with Gasteiger partial charge in [0.1, 0.15) is 5.82 Å². The van der Waals surface area contributed by atoms with E-state index in [1.807, 2.05) is 0 Å². The van der Waals surface area contributed by atoms with Gasteiger partial charge in [0.25, 0.3) is 5.91 Å². The molecule has 16 heteroatoms. The van der Waals surface area contributed by atoms with E-state index in [-0.39, 0.29) is 40.8 Å². The summed E-state index contributed by atoms with van der Waals surface area (Å²) in [5.74, 6) is -1.78. The van der Waals surface area contributed by atoms with Crippen LogP contribution in [0.4, 0.5) is 23.2 Å². The lowest BCUT2D eigenvalue weighted by Gasteiger charge is -2.43. The maximum absolute atomic E-state index is 13.5. The summed E-state index contributed by atoms with van der Waals surface area (Å²) in [6.45, 7) is 2.09. The summed E-state index contributed by atoms with van der Waals surface area (Å²) in [5.41, 5.74) is -5.80. The minimum Gasteiger partial charge on any atom is -0.374 e. The molecule has 2 unspecified atom stereocenters. The number of nitrogens with zero attached hydrogens (tertiary/aromatic N) is 3. The summed E-state index contributed by atoms with van der Waals surface area (Å²) in [6.07, 6.45) is 1.46. The molecular weight excluding hydrogens is 602 g/mol. The molecule has 0 aromatic heterocycles. The second-order valence-electron chi connectivity index (χ2n) is 9.57. The molecule has 2 saturated heterocycles. The zero-order chi connectivity index (χ0) is 29.6. The number of likely N-dealkylation sites (tertiary alicyclic amines) is 1. The fraction of sp³-hybridized carbons (Fsp3) is 0.458. The van der Waals surface area contributed by atoms with Crippen molar-refractivity contribution in [1.82, 2.24) is 9.21 Å². The summed E-state index contributed by atoms with van der Waals surface area (Å²) in [5, 5.41) is -0.0815. The normalized spacial score (nSPS) is 19.8. The number of fused-ring (bicyclic) bond motifs is 2. The Kier molecular flexibility index (Phi) is 8.33. The number of halogens is 5. The lowest BCUT2D eigenvalue weighted by atomic mass is 10.1. The fourth-order valence-electron chi connectivity index (χ4n) is 5.01. The largest absolute Gasteiger partial charge is 0.534 e. The monoisotopic (exact) mass is 627 g/mol. The smallest absolute Gasteiger partial charge is 0.374 e. The number of alkyl halides is 3. The van der Waals surface area contributed by atoms with Crippen molar-refractivity contribution >= 4 is 43.3 Å². The molecule has 2 aromatic rings. The van der Waals surface area contributed by atoms with Crippen molar-refractivity contribution in [1.29, 1.82) is 0 Å². The van der Waals surface area contributed by atoms with Gasteiger partial charge in [-0.1, -0.05) is 18.5 Å². The van der Waals surface area contributed by atoms with E-state index in [2.05, 4.69) is 4.18 Å². The van der Waals surface area contributed by atoms with Crippen LogP contribution >= 0.6 is 11.6 Å². The second kappa shape index (κ2) is 11.0. The molecular formula is C24H26ClF4N3O6S2. The number of carbonyl (C=O) groups excluding carboxylic acids is 1. The minimum absolute atomic E-state index is 0.0706. The molecule has 0 N–H and O–H groups in total. The van der Waals surface area contributed by atoms with Crippen LogP contribution in [0.15, 0.2) is 41.3 Å². The molecule has 1 amide bonds. The van der Waals surface area contributed by atoms with Crippen molar-refractivity contribution in [2.45, 2.75) is 48.7 Å². The van der Waals surface area contributed by atoms with Crippen LogP contribution in [0.5, 0.6) is 5.75 Å². The lowest BCUT2D eigenvalue weighted by Crippen LogP contribution is -2.55. The van der Waals surface area contributed by atoms with Crippen LogP contribution in [0.1, 0.15) is 36.5 Å². The van der Waals surface area contributed by atoms with Gasteiger partial charge in [-0.15, -0.1) is 0 Å². The highest BCUT2D eigenvalue weighted by Crippen LogP contribution is 2.43. The first kappa shape index (κ1) is 30.3. The molecule has 2 aliphatic heterocycles. The van der Waals surface area contributed by atoms with Gasteiger partial charge in [-0.2, -0.15) is 21.6 Å². The van der Waals surface area contributed by atoms with Crippen molar-refractivity contribution in [2.24, 2.45) is 0 Å². The van der Waals surface area contributed by atoms with Gasteiger partial charge in [0.05, 0.1) is 21.2 Å². The molecule has 2 heterocycles. The first-order valence-electron chi connectivity index (χ1n) is 12.2. The van der Waals surface area contributed by atoms with Gasteiger partial charge in [-0.3, -0.25) is 4.79 Å². The second-order valence-corrected chi connectivity index (χ2v) is 13.6. The number of sulfonamides is 1. The van der Waals surface area contributed by atoms with E-state index in [0.29, 0.717) is 19.3 Å². The predicted octanol–water partition coefficient (Wildman–Crippen LogP) is 4.23. The van der Waals surface area contributed by atoms with Gasteiger partial charge in [0.2, 0.25) is 10.0 Å². The number of amides is 1. The van der Waals surface area contributed by atoms with Gasteiger partial charge in [0.15, 0.2) is 5.75 Å². The fourth-order valence-corrected chi connectivity index (χ4v) is 7.01. The van der Waals surface area contributed by atoms with E-state index in [4.69, 9.17) is 11.6 Å². The van der Waals surface area contributed by atoms with Crippen molar-refractivity contribution in [2.75, 3.05) is 31.6 Å². The van der Waals surface area contributed by atoms with Crippen molar-refractivity contribution < 1.29 is 43.4 Å². The van der Waals surface area contributed by atoms with Crippen LogP contribution in [0, 0.1) is 5.82 Å². The molecule has 2 aliphatic rings. The van der Waals surface area contributed by atoms with Crippen LogP contribution in [-0.2, 0) is 20.1 Å². The summed E-state index contributed by atoms with van der Waals surface area (Å²) in [7, 11) is -8.78. The molecule has 2 bridgehead atoms. The van der Waals surface area contributed by atoms with Crippen LogP contribution < -0.4 is 9.08 Å². The van der Waals surface area contributed by atoms with Crippen LogP contribution in [0.2, 0.25) is 5.02 Å². The number of hydrogen-bond acceptors (Lipinski definition) is 7. The molecule has 0 aliphatic carbocycles. The van der Waals surface area contributed by atoms with Gasteiger partial charge in [-0.05, 0) is 55.7 Å². The van der Waals surface area contributed by atoms with E-state index in [9.17, 15) is 39.2 Å². The Hall–Kier alpha value is -2.62. The van der Waals surface area contributed by atoms with E-state index in [1.54, 1.807) is 11.8 Å². The molecule has 220 valence electrons. The standard InChI is InChI=1S/C24H26ClF4N3O6S2/c1-3-10-30(2)39(34,35)18-7-9-22(38-40(36,37)24(27,28)29)21(12-18)32-16-5-6-17(32)14-31(13-16)23(33)19-8-4-15(26)11-20(19)25/h4,7-9,11-12,16-17H,3,5-6,10,13-14H2,1-2H3. The zero-order valence-electron chi connectivity index (χ0n) is 21.4. The maximum atomic E-state index is 13.5. The predicted molar refractivity (Wildman–Crippen MR) is 139 cm³/mol. The minimum atomic E-state index is -6.06. The lowest BCUT2D eigenvalue weighted by molar-refractivity contribution is -0.0500. The van der Waals surface area contributed by atoms with Crippen molar-refractivity contribution in [3.05, 3.63) is 52.8 Å². The molecule has 40 heavy (non-hydrogen) atoms. The zero-order valence-corrected chi connectivity index (χ0v) is 23.7. The van der Waals surface area contributed by atoms with E-state index >= 15 is 0 Å². The van der Waals surface area contributed by atoms with Crippen molar-refractivity contribution in [3.8, 4) is 5.75 Å². The highest BCUT2D eigenvalue weighted by Gasteiger charge is 2.50. The first-order chi connectivity index (χ1) is 18.6. The summed E-state index contributed by atoms with van der Waals surface area (Å²) < 4.78 is 109. The molecule has 4 rings (SSSR count). The molecule has 2 fully saturated rings. The van der Waals surface area contributed by atoms with Crippen LogP contribution in [0.25, 0.3) is 0 Å². The Labute approximate surface area is 234 Å². The molecule has 0 radical (unpaired) electrons. The Morgan fingerprint density at radius 2 is 1.70 bits per heavy atom. The molecule has 2 aromatic carbocycles. The van der Waals surface area contributed by atoms with Gasteiger partial charge < -0.3 is 14.0 Å². The third kappa shape index (κ3) is 5.74. The SMILES string of the molecule is CCCN(C)S(=O)(=O)c1ccc(OS(=O)(=O)C(F)(F)F)c(N2C3CCC2CN(C(=O)c2ccc(F)cc2Cl)C3)c1. The highest BCUT2D eigenvalue weighted by atomic mass is 35.5. The highest BCUT2D eigenvalue weighted by molar-refractivity contribution is 7.89. The summed E-state index contributed by atoms with van der Waals surface area (Å²) >= 11 is 6.06. The van der Waals surface area contributed by atoms with E-state index in [0.717, 1.165) is 34.6 Å². The Bertz CT molecular complexity index is 1510. The molecule has 9 nitrogen and oxygen atoms in total. The van der Waals surface area contributed by atoms with Crippen LogP contribution in [-0.4, -0.2) is 76.2 Å².